The molecule has 124 valence electrons. The maximum Gasteiger partial charge on any atom is 0.230 e. The van der Waals surface area contributed by atoms with Crippen LogP contribution < -0.4 is 10.6 Å². The predicted octanol–water partition coefficient (Wildman–Crippen LogP) is 3.96. The lowest BCUT2D eigenvalue weighted by molar-refractivity contribution is -0.115. The Bertz CT molecular complexity index is 808. The first-order chi connectivity index (χ1) is 11.8. The number of H-pyrrole nitrogens is 1. The first-order valence-electron chi connectivity index (χ1n) is 8.31. The second-order valence-electron chi connectivity index (χ2n) is 5.80. The molecule has 3 aromatic rings. The molecule has 5 heteroatoms. The number of nitrogens with zero attached hydrogens (tertiary/aromatic N) is 1. The van der Waals surface area contributed by atoms with Crippen LogP contribution in [0.2, 0.25) is 0 Å². The number of aromatic amines is 1. The number of pyridine rings is 1. The number of hydrogen-bond donors (Lipinski definition) is 3. The van der Waals surface area contributed by atoms with Gasteiger partial charge in [0.1, 0.15) is 5.82 Å². The quantitative estimate of drug-likeness (QED) is 0.577. The van der Waals surface area contributed by atoms with Gasteiger partial charge in [0.2, 0.25) is 5.91 Å². The van der Waals surface area contributed by atoms with Gasteiger partial charge < -0.3 is 15.6 Å². The van der Waals surface area contributed by atoms with Crippen LogP contribution >= 0.6 is 0 Å². The van der Waals surface area contributed by atoms with E-state index in [0.717, 1.165) is 41.5 Å². The average Bonchev–Trinajstić information content (AvgIpc) is 3.00. The summed E-state index contributed by atoms with van der Waals surface area (Å²) < 4.78 is 0. The highest BCUT2D eigenvalue weighted by Gasteiger charge is 2.09. The van der Waals surface area contributed by atoms with Crippen molar-refractivity contribution in [2.24, 2.45) is 0 Å². The first-order valence-corrected chi connectivity index (χ1v) is 8.31. The fourth-order valence-electron chi connectivity index (χ4n) is 2.62. The minimum absolute atomic E-state index is 0.0704. The van der Waals surface area contributed by atoms with Gasteiger partial charge in [-0.05, 0) is 30.2 Å². The Balaban J connectivity index is 1.58. The van der Waals surface area contributed by atoms with Crippen LogP contribution in [-0.2, 0) is 11.2 Å². The SMILES string of the molecule is CCCCNc1ccc(NC(=O)Cc2c[nH]c3ccccc23)nc1. The van der Waals surface area contributed by atoms with Gasteiger partial charge in [-0.25, -0.2) is 4.98 Å². The third-order valence-corrected chi connectivity index (χ3v) is 3.92. The fourth-order valence-corrected chi connectivity index (χ4v) is 2.62. The molecule has 1 aromatic carbocycles. The Labute approximate surface area is 141 Å². The van der Waals surface area contributed by atoms with E-state index in [4.69, 9.17) is 0 Å². The van der Waals surface area contributed by atoms with Crippen molar-refractivity contribution in [2.45, 2.75) is 26.2 Å². The zero-order valence-corrected chi connectivity index (χ0v) is 13.8. The van der Waals surface area contributed by atoms with Crippen LogP contribution in [-0.4, -0.2) is 22.4 Å². The maximum atomic E-state index is 12.2. The molecule has 3 N–H and O–H groups in total. The molecule has 5 nitrogen and oxygen atoms in total. The van der Waals surface area contributed by atoms with Gasteiger partial charge in [-0.15, -0.1) is 0 Å². The summed E-state index contributed by atoms with van der Waals surface area (Å²) in [5.41, 5.74) is 3.00. The Kier molecular flexibility index (Phi) is 5.11. The van der Waals surface area contributed by atoms with E-state index in [-0.39, 0.29) is 5.91 Å². The maximum absolute atomic E-state index is 12.2. The summed E-state index contributed by atoms with van der Waals surface area (Å²) in [6.45, 7) is 3.09. The standard InChI is InChI=1S/C19H22N4O/c1-2-3-10-20-15-8-9-18(22-13-15)23-19(24)11-14-12-21-17-7-5-4-6-16(14)17/h4-9,12-13,20-21H,2-3,10-11H2,1H3,(H,22,23,24). The van der Waals surface area contributed by atoms with Crippen LogP contribution in [0, 0.1) is 0 Å². The number of rotatable bonds is 7. The van der Waals surface area contributed by atoms with Gasteiger partial charge in [-0.2, -0.15) is 0 Å². The number of nitrogens with one attached hydrogen (secondary N) is 3. The van der Waals surface area contributed by atoms with Crippen molar-refractivity contribution in [3.05, 3.63) is 54.4 Å². The number of carbonyl (C=O) groups excluding carboxylic acids is 1. The van der Waals surface area contributed by atoms with Crippen molar-refractivity contribution < 1.29 is 4.79 Å². The molecule has 1 amide bonds. The zero-order chi connectivity index (χ0) is 16.8. The third kappa shape index (κ3) is 3.93. The summed E-state index contributed by atoms with van der Waals surface area (Å²) in [4.78, 5) is 19.7. The molecule has 0 aliphatic rings. The highest BCUT2D eigenvalue weighted by atomic mass is 16.1. The molecule has 0 saturated heterocycles. The summed E-state index contributed by atoms with van der Waals surface area (Å²) in [6, 6.07) is 11.7. The fraction of sp³-hybridized carbons (Fsp3) is 0.263. The first kappa shape index (κ1) is 16.1. The molecular formula is C19H22N4O. The molecule has 0 saturated carbocycles. The lowest BCUT2D eigenvalue weighted by Gasteiger charge is -2.07. The van der Waals surface area contributed by atoms with E-state index in [1.807, 2.05) is 42.6 Å². The lowest BCUT2D eigenvalue weighted by Crippen LogP contribution is -2.15. The molecule has 2 heterocycles. The summed E-state index contributed by atoms with van der Waals surface area (Å²) in [5.74, 6) is 0.500. The highest BCUT2D eigenvalue weighted by Crippen LogP contribution is 2.18. The van der Waals surface area contributed by atoms with Gasteiger partial charge in [0.15, 0.2) is 0 Å². The van der Waals surface area contributed by atoms with Gasteiger partial charge in [-0.1, -0.05) is 31.5 Å². The molecule has 0 aliphatic carbocycles. The average molecular weight is 322 g/mol. The van der Waals surface area contributed by atoms with E-state index in [2.05, 4.69) is 27.5 Å². The molecule has 0 spiro atoms. The monoisotopic (exact) mass is 322 g/mol. The third-order valence-electron chi connectivity index (χ3n) is 3.92. The second-order valence-corrected chi connectivity index (χ2v) is 5.80. The van der Waals surface area contributed by atoms with E-state index in [9.17, 15) is 4.79 Å². The molecular weight excluding hydrogens is 300 g/mol. The van der Waals surface area contributed by atoms with Crippen LogP contribution in [0.3, 0.4) is 0 Å². The van der Waals surface area contributed by atoms with Crippen LogP contribution in [0.4, 0.5) is 11.5 Å². The molecule has 0 atom stereocenters. The van der Waals surface area contributed by atoms with E-state index in [1.54, 1.807) is 6.20 Å². The van der Waals surface area contributed by atoms with Crippen LogP contribution in [0.15, 0.2) is 48.8 Å². The minimum Gasteiger partial charge on any atom is -0.384 e. The number of aromatic nitrogens is 2. The number of benzene rings is 1. The van der Waals surface area contributed by atoms with Gasteiger partial charge in [0, 0.05) is 23.6 Å². The van der Waals surface area contributed by atoms with E-state index < -0.39 is 0 Å². The Morgan fingerprint density at radius 2 is 2.08 bits per heavy atom. The Hall–Kier alpha value is -2.82. The van der Waals surface area contributed by atoms with Crippen LogP contribution in [0.25, 0.3) is 10.9 Å². The summed E-state index contributed by atoms with van der Waals surface area (Å²) in [5, 5.41) is 7.23. The largest absolute Gasteiger partial charge is 0.384 e. The summed E-state index contributed by atoms with van der Waals surface area (Å²) >= 11 is 0. The number of amides is 1. The van der Waals surface area contributed by atoms with E-state index in [0.29, 0.717) is 12.2 Å². The molecule has 0 fully saturated rings. The topological polar surface area (TPSA) is 69.8 Å². The minimum atomic E-state index is -0.0704. The zero-order valence-electron chi connectivity index (χ0n) is 13.8. The molecule has 0 aliphatic heterocycles. The molecule has 0 radical (unpaired) electrons. The lowest BCUT2D eigenvalue weighted by atomic mass is 10.1. The highest BCUT2D eigenvalue weighted by molar-refractivity contribution is 5.95. The smallest absolute Gasteiger partial charge is 0.230 e. The van der Waals surface area contributed by atoms with Crippen molar-refractivity contribution >= 4 is 28.3 Å². The van der Waals surface area contributed by atoms with Crippen molar-refractivity contribution in [1.82, 2.24) is 9.97 Å². The van der Waals surface area contributed by atoms with Crippen molar-refractivity contribution in [2.75, 3.05) is 17.2 Å². The van der Waals surface area contributed by atoms with Crippen molar-refractivity contribution in [3.63, 3.8) is 0 Å². The predicted molar refractivity (Wildman–Crippen MR) is 98.3 cm³/mol. The van der Waals surface area contributed by atoms with Crippen LogP contribution in [0.5, 0.6) is 0 Å². The normalized spacial score (nSPS) is 10.7. The molecule has 2 aromatic heterocycles. The number of hydrogen-bond acceptors (Lipinski definition) is 3. The van der Waals surface area contributed by atoms with E-state index in [1.165, 1.54) is 0 Å². The summed E-state index contributed by atoms with van der Waals surface area (Å²) in [6.07, 6.45) is 6.24. The number of carbonyl (C=O) groups is 1. The summed E-state index contributed by atoms with van der Waals surface area (Å²) in [7, 11) is 0. The van der Waals surface area contributed by atoms with E-state index >= 15 is 0 Å². The molecule has 0 bridgehead atoms. The number of para-hydroxylation sites is 1. The number of unbranched alkanes of at least 4 members (excludes halogenated alkanes) is 1. The van der Waals surface area contributed by atoms with Gasteiger partial charge in [0.25, 0.3) is 0 Å². The molecule has 3 rings (SSSR count). The Morgan fingerprint density at radius 3 is 2.88 bits per heavy atom. The van der Waals surface area contributed by atoms with Crippen molar-refractivity contribution in [3.8, 4) is 0 Å². The van der Waals surface area contributed by atoms with Crippen LogP contribution in [0.1, 0.15) is 25.3 Å². The van der Waals surface area contributed by atoms with Gasteiger partial charge in [0.05, 0.1) is 18.3 Å². The number of anilines is 2. The second kappa shape index (κ2) is 7.64. The molecule has 24 heavy (non-hydrogen) atoms. The molecule has 0 unspecified atom stereocenters. The Morgan fingerprint density at radius 1 is 1.21 bits per heavy atom. The van der Waals surface area contributed by atoms with Crippen molar-refractivity contribution in [1.29, 1.82) is 0 Å². The van der Waals surface area contributed by atoms with Gasteiger partial charge >= 0.3 is 0 Å². The van der Waals surface area contributed by atoms with Gasteiger partial charge in [-0.3, -0.25) is 4.79 Å². The number of fused-ring (bicyclic) bond motifs is 1.